The van der Waals surface area contributed by atoms with Gasteiger partial charge >= 0.3 is 5.97 Å². The number of hydrogen-bond acceptors (Lipinski definition) is 9. The van der Waals surface area contributed by atoms with Gasteiger partial charge in [-0.2, -0.15) is 0 Å². The second-order valence-electron chi connectivity index (χ2n) is 9.00. The van der Waals surface area contributed by atoms with E-state index in [0.717, 1.165) is 5.56 Å². The first kappa shape index (κ1) is 26.8. The fourth-order valence-electron chi connectivity index (χ4n) is 4.67. The molecule has 3 heterocycles. The largest absolute Gasteiger partial charge is 0.496 e. The molecule has 11 heteroatoms. The number of aryl methyl sites for hydroxylation is 1. The second kappa shape index (κ2) is 10.8. The van der Waals surface area contributed by atoms with E-state index in [1.54, 1.807) is 50.3 Å². The molecule has 1 atom stereocenters. The SMILES string of the molecule is CCOC(=O)C1=C(C)N=c2s/c(=C\c3ccc(-c4cc([N+](=O)[O-])ccc4C)o3)c(=O)n2C1c1ccccc1OC. The Labute approximate surface area is 232 Å². The number of thiazole rings is 1. The Morgan fingerprint density at radius 3 is 2.70 bits per heavy atom. The van der Waals surface area contributed by atoms with Gasteiger partial charge in [0.15, 0.2) is 4.80 Å². The van der Waals surface area contributed by atoms with E-state index in [0.29, 0.717) is 43.4 Å². The number of benzene rings is 2. The molecule has 0 N–H and O–H groups in total. The molecule has 0 bridgehead atoms. The molecule has 0 spiro atoms. The van der Waals surface area contributed by atoms with Gasteiger partial charge in [0.2, 0.25) is 0 Å². The molecule has 0 radical (unpaired) electrons. The zero-order valence-electron chi connectivity index (χ0n) is 22.2. The Balaban J connectivity index is 1.65. The number of carbonyl (C=O) groups excluding carboxylic acids is 1. The normalized spacial score (nSPS) is 15.0. The number of non-ortho nitro benzene ring substituents is 1. The van der Waals surface area contributed by atoms with Crippen molar-refractivity contribution >= 4 is 29.1 Å². The molecular weight excluding hydrogens is 534 g/mol. The van der Waals surface area contributed by atoms with Gasteiger partial charge in [-0.3, -0.25) is 19.5 Å². The monoisotopic (exact) mass is 559 g/mol. The summed E-state index contributed by atoms with van der Waals surface area (Å²) in [6.07, 6.45) is 1.60. The minimum absolute atomic E-state index is 0.0454. The molecule has 0 amide bonds. The quantitative estimate of drug-likeness (QED) is 0.188. The average Bonchev–Trinajstić information content (AvgIpc) is 3.52. The zero-order chi connectivity index (χ0) is 28.6. The number of nitro groups is 1. The van der Waals surface area contributed by atoms with Crippen LogP contribution in [0.25, 0.3) is 17.4 Å². The van der Waals surface area contributed by atoms with Crippen LogP contribution in [0.15, 0.2) is 80.1 Å². The summed E-state index contributed by atoms with van der Waals surface area (Å²) in [5.74, 6) is 0.785. The Morgan fingerprint density at radius 1 is 1.20 bits per heavy atom. The summed E-state index contributed by atoms with van der Waals surface area (Å²) in [6.45, 7) is 5.43. The van der Waals surface area contributed by atoms with Crippen LogP contribution >= 0.6 is 11.3 Å². The summed E-state index contributed by atoms with van der Waals surface area (Å²) >= 11 is 1.17. The maximum Gasteiger partial charge on any atom is 0.338 e. The highest BCUT2D eigenvalue weighted by Gasteiger charge is 2.35. The van der Waals surface area contributed by atoms with Crippen LogP contribution in [0.2, 0.25) is 0 Å². The fraction of sp³-hybridized carbons (Fsp3) is 0.207. The van der Waals surface area contributed by atoms with E-state index < -0.39 is 16.9 Å². The molecule has 1 aliphatic heterocycles. The number of rotatable bonds is 7. The van der Waals surface area contributed by atoms with E-state index in [2.05, 4.69) is 4.99 Å². The first-order valence-electron chi connectivity index (χ1n) is 12.4. The van der Waals surface area contributed by atoms with Crippen molar-refractivity contribution in [2.75, 3.05) is 13.7 Å². The third kappa shape index (κ3) is 4.75. The summed E-state index contributed by atoms with van der Waals surface area (Å²) in [6, 6.07) is 14.3. The number of ether oxygens (including phenoxy) is 2. The average molecular weight is 560 g/mol. The van der Waals surface area contributed by atoms with E-state index in [1.807, 2.05) is 19.1 Å². The molecule has 2 aromatic carbocycles. The van der Waals surface area contributed by atoms with Gasteiger partial charge in [0, 0.05) is 29.3 Å². The summed E-state index contributed by atoms with van der Waals surface area (Å²) < 4.78 is 18.7. The number of fused-ring (bicyclic) bond motifs is 1. The highest BCUT2D eigenvalue weighted by Crippen LogP contribution is 2.35. The predicted octanol–water partition coefficient (Wildman–Crippen LogP) is 4.28. The smallest absolute Gasteiger partial charge is 0.338 e. The number of para-hydroxylation sites is 1. The molecular formula is C29H25N3O7S. The Morgan fingerprint density at radius 2 is 1.98 bits per heavy atom. The first-order valence-corrected chi connectivity index (χ1v) is 13.2. The van der Waals surface area contributed by atoms with Crippen molar-refractivity contribution in [3.63, 3.8) is 0 Å². The lowest BCUT2D eigenvalue weighted by molar-refractivity contribution is -0.384. The summed E-state index contributed by atoms with van der Waals surface area (Å²) in [5, 5.41) is 11.3. The molecule has 0 aliphatic carbocycles. The number of esters is 1. The predicted molar refractivity (Wildman–Crippen MR) is 149 cm³/mol. The van der Waals surface area contributed by atoms with Crippen molar-refractivity contribution in [2.45, 2.75) is 26.8 Å². The molecule has 0 saturated carbocycles. The van der Waals surface area contributed by atoms with E-state index in [9.17, 15) is 19.7 Å². The van der Waals surface area contributed by atoms with Crippen LogP contribution in [0.1, 0.15) is 36.8 Å². The van der Waals surface area contributed by atoms with Crippen molar-refractivity contribution in [3.8, 4) is 17.1 Å². The van der Waals surface area contributed by atoms with Gasteiger partial charge in [-0.1, -0.05) is 35.6 Å². The van der Waals surface area contributed by atoms with Crippen molar-refractivity contribution in [1.82, 2.24) is 4.57 Å². The van der Waals surface area contributed by atoms with Crippen LogP contribution in [0.5, 0.6) is 5.75 Å². The lowest BCUT2D eigenvalue weighted by atomic mass is 9.95. The fourth-order valence-corrected chi connectivity index (χ4v) is 5.70. The molecule has 40 heavy (non-hydrogen) atoms. The number of carbonyl (C=O) groups is 1. The highest BCUT2D eigenvalue weighted by atomic mass is 32.1. The number of methoxy groups -OCH3 is 1. The van der Waals surface area contributed by atoms with Gasteiger partial charge in [-0.05, 0) is 44.5 Å². The molecule has 0 fully saturated rings. The molecule has 2 aromatic heterocycles. The maximum atomic E-state index is 13.8. The molecule has 0 saturated heterocycles. The minimum Gasteiger partial charge on any atom is -0.496 e. The van der Waals surface area contributed by atoms with Crippen molar-refractivity contribution in [2.24, 2.45) is 4.99 Å². The summed E-state index contributed by atoms with van der Waals surface area (Å²) in [4.78, 5) is 42.7. The van der Waals surface area contributed by atoms with E-state index in [1.165, 1.54) is 35.1 Å². The topological polar surface area (TPSA) is 126 Å². The summed E-state index contributed by atoms with van der Waals surface area (Å²) in [5.41, 5.74) is 2.31. The second-order valence-corrected chi connectivity index (χ2v) is 10.0. The van der Waals surface area contributed by atoms with Crippen LogP contribution in [0, 0.1) is 17.0 Å². The minimum atomic E-state index is -0.812. The number of nitro benzene ring substituents is 1. The van der Waals surface area contributed by atoms with Gasteiger partial charge < -0.3 is 13.9 Å². The van der Waals surface area contributed by atoms with E-state index in [-0.39, 0.29) is 23.4 Å². The van der Waals surface area contributed by atoms with E-state index in [4.69, 9.17) is 13.9 Å². The molecule has 10 nitrogen and oxygen atoms in total. The van der Waals surface area contributed by atoms with Gasteiger partial charge in [-0.15, -0.1) is 0 Å². The molecule has 4 aromatic rings. The first-order chi connectivity index (χ1) is 19.2. The van der Waals surface area contributed by atoms with Crippen LogP contribution in [-0.4, -0.2) is 29.2 Å². The van der Waals surface area contributed by atoms with Crippen LogP contribution in [0.4, 0.5) is 5.69 Å². The maximum absolute atomic E-state index is 13.8. The molecule has 1 unspecified atom stereocenters. The number of allylic oxidation sites excluding steroid dienone is 1. The molecule has 5 rings (SSSR count). The molecule has 1 aliphatic rings. The number of hydrogen-bond donors (Lipinski definition) is 0. The lowest BCUT2D eigenvalue weighted by Crippen LogP contribution is -2.40. The van der Waals surface area contributed by atoms with Gasteiger partial charge in [-0.25, -0.2) is 9.79 Å². The van der Waals surface area contributed by atoms with Crippen molar-refractivity contribution in [3.05, 3.63) is 113 Å². The molecule has 204 valence electrons. The van der Waals surface area contributed by atoms with Crippen molar-refractivity contribution < 1.29 is 23.6 Å². The number of aromatic nitrogens is 1. The van der Waals surface area contributed by atoms with E-state index >= 15 is 0 Å². The van der Waals surface area contributed by atoms with Crippen LogP contribution in [-0.2, 0) is 9.53 Å². The zero-order valence-corrected chi connectivity index (χ0v) is 23.0. The third-order valence-electron chi connectivity index (χ3n) is 6.55. The third-order valence-corrected chi connectivity index (χ3v) is 7.53. The number of nitrogens with zero attached hydrogens (tertiary/aromatic N) is 3. The standard InChI is InChI=1S/C29H25N3O7S/c1-5-38-28(34)25-17(3)30-29-31(26(25)20-8-6-7-9-22(20)37-4)27(33)24(40-29)15-19-12-13-23(39-19)21-14-18(32(35)36)11-10-16(21)2/h6-15,26H,5H2,1-4H3/b24-15-. The lowest BCUT2D eigenvalue weighted by Gasteiger charge is -2.25. The Hall–Kier alpha value is -4.77. The highest BCUT2D eigenvalue weighted by molar-refractivity contribution is 7.07. The van der Waals surface area contributed by atoms with Crippen LogP contribution in [0.3, 0.4) is 0 Å². The van der Waals surface area contributed by atoms with Crippen LogP contribution < -0.4 is 19.6 Å². The Bertz CT molecular complexity index is 1860. The number of furan rings is 1. The van der Waals surface area contributed by atoms with Crippen molar-refractivity contribution in [1.29, 1.82) is 0 Å². The van der Waals surface area contributed by atoms with Gasteiger partial charge in [0.1, 0.15) is 23.3 Å². The van der Waals surface area contributed by atoms with Gasteiger partial charge in [0.05, 0.1) is 34.4 Å². The summed E-state index contributed by atoms with van der Waals surface area (Å²) in [7, 11) is 1.53. The Kier molecular flexibility index (Phi) is 7.22. The van der Waals surface area contributed by atoms with Gasteiger partial charge in [0.25, 0.3) is 11.2 Å².